The van der Waals surface area contributed by atoms with Gasteiger partial charge in [-0.2, -0.15) is 0 Å². The minimum Gasteiger partial charge on any atom is -0.478 e. The van der Waals surface area contributed by atoms with Crippen LogP contribution in [-0.2, 0) is 0 Å². The van der Waals surface area contributed by atoms with Gasteiger partial charge in [-0.25, -0.2) is 4.79 Å². The summed E-state index contributed by atoms with van der Waals surface area (Å²) >= 11 is 1.57. The third-order valence-electron chi connectivity index (χ3n) is 2.93. The molecule has 0 amide bonds. The Morgan fingerprint density at radius 2 is 2.16 bits per heavy atom. The molecule has 0 heterocycles. The van der Waals surface area contributed by atoms with Crippen LogP contribution >= 0.6 is 11.8 Å². The summed E-state index contributed by atoms with van der Waals surface area (Å²) in [5.74, 6) is 0.0107. The van der Waals surface area contributed by atoms with E-state index in [1.54, 1.807) is 11.8 Å². The van der Waals surface area contributed by atoms with Crippen LogP contribution < -0.4 is 5.32 Å². The molecule has 0 saturated carbocycles. The lowest BCUT2D eigenvalue weighted by Crippen LogP contribution is -2.17. The molecule has 1 aromatic carbocycles. The first kappa shape index (κ1) is 15.9. The van der Waals surface area contributed by atoms with Crippen LogP contribution in [0.4, 0.5) is 5.69 Å². The molecule has 2 N–H and O–H groups in total. The van der Waals surface area contributed by atoms with Crippen LogP contribution in [0, 0.1) is 0 Å². The Morgan fingerprint density at radius 3 is 2.74 bits per heavy atom. The summed E-state index contributed by atoms with van der Waals surface area (Å²) in [6, 6.07) is 5.93. The van der Waals surface area contributed by atoms with Crippen molar-refractivity contribution in [3.05, 3.63) is 23.8 Å². The molecule has 0 saturated heterocycles. The zero-order chi connectivity index (χ0) is 14.3. The van der Waals surface area contributed by atoms with E-state index in [0.717, 1.165) is 35.6 Å². The maximum Gasteiger partial charge on any atom is 0.338 e. The lowest BCUT2D eigenvalue weighted by Gasteiger charge is -2.18. The smallest absolute Gasteiger partial charge is 0.338 e. The van der Waals surface area contributed by atoms with Crippen LogP contribution in [0.3, 0.4) is 0 Å². The predicted octanol–water partition coefficient (Wildman–Crippen LogP) is 4.49. The Hall–Kier alpha value is -1.16. The van der Waals surface area contributed by atoms with Gasteiger partial charge in [0, 0.05) is 10.9 Å². The van der Waals surface area contributed by atoms with Gasteiger partial charge in [0.1, 0.15) is 0 Å². The van der Waals surface area contributed by atoms with Crippen molar-refractivity contribution in [2.24, 2.45) is 0 Å². The van der Waals surface area contributed by atoms with Gasteiger partial charge in [-0.3, -0.25) is 0 Å². The van der Waals surface area contributed by atoms with Gasteiger partial charge in [-0.1, -0.05) is 32.8 Å². The van der Waals surface area contributed by atoms with E-state index in [4.69, 9.17) is 0 Å². The van der Waals surface area contributed by atoms with Gasteiger partial charge in [0.05, 0.1) is 11.3 Å². The number of carboxylic acids is 1. The molecule has 0 aliphatic carbocycles. The molecule has 0 radical (unpaired) electrons. The minimum atomic E-state index is -0.859. The highest BCUT2D eigenvalue weighted by atomic mass is 32.2. The van der Waals surface area contributed by atoms with E-state index in [-0.39, 0.29) is 0 Å². The van der Waals surface area contributed by atoms with Crippen molar-refractivity contribution in [3.8, 4) is 0 Å². The van der Waals surface area contributed by atoms with Crippen molar-refractivity contribution in [3.63, 3.8) is 0 Å². The Balaban J connectivity index is 2.93. The molecule has 19 heavy (non-hydrogen) atoms. The second-order valence-electron chi connectivity index (χ2n) is 4.60. The molecule has 0 aromatic heterocycles. The summed E-state index contributed by atoms with van der Waals surface area (Å²) in [4.78, 5) is 12.3. The largest absolute Gasteiger partial charge is 0.478 e. The van der Waals surface area contributed by atoms with Gasteiger partial charge in [-0.15, -0.1) is 11.8 Å². The van der Waals surface area contributed by atoms with Crippen LogP contribution in [0.1, 0.15) is 50.4 Å². The second kappa shape index (κ2) is 8.10. The number of hydrogen-bond acceptors (Lipinski definition) is 3. The molecule has 0 aliphatic heterocycles. The van der Waals surface area contributed by atoms with E-state index in [9.17, 15) is 9.90 Å². The number of thioether (sulfide) groups is 1. The molecule has 4 heteroatoms. The first-order valence-electron chi connectivity index (χ1n) is 6.85. The van der Waals surface area contributed by atoms with Gasteiger partial charge in [0.2, 0.25) is 0 Å². The highest BCUT2D eigenvalue weighted by Gasteiger charge is 2.16. The Bertz CT molecular complexity index is 421. The minimum absolute atomic E-state index is 0.292. The fraction of sp³-hybridized carbons (Fsp3) is 0.533. The summed E-state index contributed by atoms with van der Waals surface area (Å²) in [7, 11) is 0. The van der Waals surface area contributed by atoms with Gasteiger partial charge in [0.15, 0.2) is 0 Å². The molecule has 0 fully saturated rings. The lowest BCUT2D eigenvalue weighted by molar-refractivity contribution is 0.0694. The first-order chi connectivity index (χ1) is 9.10. The summed E-state index contributed by atoms with van der Waals surface area (Å²) in [6.45, 7) is 6.29. The number of unbranched alkanes of at least 4 members (excludes halogenated alkanes) is 1. The van der Waals surface area contributed by atoms with Crippen molar-refractivity contribution in [1.82, 2.24) is 0 Å². The standard InChI is InChI=1S/C15H23NO2S/c1-4-6-8-11(3)16-12-9-7-10-13(19-5-2)14(12)15(17)18/h7,9-11,16H,4-6,8H2,1-3H3,(H,17,18). The molecule has 0 spiro atoms. The van der Waals surface area contributed by atoms with E-state index in [2.05, 4.69) is 19.2 Å². The fourth-order valence-corrected chi connectivity index (χ4v) is 2.82. The molecule has 0 bridgehead atoms. The van der Waals surface area contributed by atoms with Crippen molar-refractivity contribution >= 4 is 23.4 Å². The SMILES string of the molecule is CCCCC(C)Nc1cccc(SCC)c1C(=O)O. The van der Waals surface area contributed by atoms with E-state index in [1.165, 1.54) is 0 Å². The van der Waals surface area contributed by atoms with Gasteiger partial charge >= 0.3 is 5.97 Å². The van der Waals surface area contributed by atoms with E-state index in [1.807, 2.05) is 25.1 Å². The zero-order valence-electron chi connectivity index (χ0n) is 11.9. The summed E-state index contributed by atoms with van der Waals surface area (Å²) in [5, 5.41) is 12.7. The molecular formula is C15H23NO2S. The van der Waals surface area contributed by atoms with Crippen molar-refractivity contribution in [2.45, 2.75) is 51.0 Å². The normalized spacial score (nSPS) is 12.2. The molecule has 106 valence electrons. The highest BCUT2D eigenvalue weighted by molar-refractivity contribution is 7.99. The second-order valence-corrected chi connectivity index (χ2v) is 5.91. The van der Waals surface area contributed by atoms with E-state index in [0.29, 0.717) is 11.6 Å². The van der Waals surface area contributed by atoms with Crippen LogP contribution in [-0.4, -0.2) is 22.9 Å². The highest BCUT2D eigenvalue weighted by Crippen LogP contribution is 2.29. The summed E-state index contributed by atoms with van der Waals surface area (Å²) < 4.78 is 0. The number of anilines is 1. The van der Waals surface area contributed by atoms with Crippen LogP contribution in [0.2, 0.25) is 0 Å². The number of carbonyl (C=O) groups is 1. The molecule has 1 unspecified atom stereocenters. The van der Waals surface area contributed by atoms with Crippen LogP contribution in [0.15, 0.2) is 23.1 Å². The molecular weight excluding hydrogens is 258 g/mol. The van der Waals surface area contributed by atoms with E-state index < -0.39 is 5.97 Å². The third-order valence-corrected chi connectivity index (χ3v) is 3.87. The average molecular weight is 281 g/mol. The van der Waals surface area contributed by atoms with Gasteiger partial charge in [0.25, 0.3) is 0 Å². The lowest BCUT2D eigenvalue weighted by atomic mass is 10.1. The molecule has 3 nitrogen and oxygen atoms in total. The van der Waals surface area contributed by atoms with Gasteiger partial charge in [-0.05, 0) is 31.2 Å². The van der Waals surface area contributed by atoms with Crippen molar-refractivity contribution < 1.29 is 9.90 Å². The average Bonchev–Trinajstić information content (AvgIpc) is 2.36. The Morgan fingerprint density at radius 1 is 1.42 bits per heavy atom. The Kier molecular flexibility index (Phi) is 6.78. The predicted molar refractivity (Wildman–Crippen MR) is 82.4 cm³/mol. The summed E-state index contributed by atoms with van der Waals surface area (Å²) in [5.41, 5.74) is 1.13. The summed E-state index contributed by atoms with van der Waals surface area (Å²) in [6.07, 6.45) is 3.37. The quantitative estimate of drug-likeness (QED) is 0.689. The molecule has 1 rings (SSSR count). The molecule has 1 atom stereocenters. The van der Waals surface area contributed by atoms with Crippen LogP contribution in [0.5, 0.6) is 0 Å². The van der Waals surface area contributed by atoms with Crippen LogP contribution in [0.25, 0.3) is 0 Å². The number of hydrogen-bond donors (Lipinski definition) is 2. The maximum absolute atomic E-state index is 11.5. The topological polar surface area (TPSA) is 49.3 Å². The van der Waals surface area contributed by atoms with Crippen molar-refractivity contribution in [2.75, 3.05) is 11.1 Å². The number of rotatable bonds is 8. The van der Waals surface area contributed by atoms with E-state index >= 15 is 0 Å². The monoisotopic (exact) mass is 281 g/mol. The first-order valence-corrected chi connectivity index (χ1v) is 7.84. The number of benzene rings is 1. The Labute approximate surface area is 119 Å². The molecule has 0 aliphatic rings. The van der Waals surface area contributed by atoms with Gasteiger partial charge < -0.3 is 10.4 Å². The number of aromatic carboxylic acids is 1. The zero-order valence-corrected chi connectivity index (χ0v) is 12.7. The number of carboxylic acid groups (broad SMARTS) is 1. The fourth-order valence-electron chi connectivity index (χ4n) is 2.00. The molecule has 1 aromatic rings. The third kappa shape index (κ3) is 4.78. The maximum atomic E-state index is 11.5. The number of nitrogens with one attached hydrogen (secondary N) is 1. The van der Waals surface area contributed by atoms with Crippen molar-refractivity contribution in [1.29, 1.82) is 0 Å².